The first kappa shape index (κ1) is 9.86. The van der Waals surface area contributed by atoms with Gasteiger partial charge in [-0.15, -0.1) is 11.8 Å². The second-order valence-electron chi connectivity index (χ2n) is 3.30. The van der Waals surface area contributed by atoms with E-state index in [1.807, 2.05) is 13.8 Å². The second-order valence-corrected chi connectivity index (χ2v) is 4.75. The lowest BCUT2D eigenvalue weighted by atomic mass is 10.1. The second kappa shape index (κ2) is 4.14. The Labute approximate surface area is 76.5 Å². The van der Waals surface area contributed by atoms with E-state index in [9.17, 15) is 4.79 Å². The molecular weight excluding hydrogens is 176 g/mol. The number of carboxylic acid groups (broad SMARTS) is 1. The van der Waals surface area contributed by atoms with Crippen molar-refractivity contribution in [1.82, 2.24) is 0 Å². The quantitative estimate of drug-likeness (QED) is 0.724. The molecule has 1 aliphatic heterocycles. The Morgan fingerprint density at radius 2 is 2.17 bits per heavy atom. The lowest BCUT2D eigenvalue weighted by Gasteiger charge is -2.29. The van der Waals surface area contributed by atoms with Gasteiger partial charge in [0.15, 0.2) is 0 Å². The Kier molecular flexibility index (Phi) is 3.40. The minimum atomic E-state index is -0.707. The van der Waals surface area contributed by atoms with Crippen LogP contribution < -0.4 is 0 Å². The molecule has 1 saturated heterocycles. The summed E-state index contributed by atoms with van der Waals surface area (Å²) in [5.41, 5.74) is 0. The Morgan fingerprint density at radius 1 is 1.58 bits per heavy atom. The van der Waals surface area contributed by atoms with Crippen LogP contribution in [0.2, 0.25) is 0 Å². The first-order chi connectivity index (χ1) is 5.61. The zero-order valence-corrected chi connectivity index (χ0v) is 8.13. The van der Waals surface area contributed by atoms with Crippen LogP contribution in [0.4, 0.5) is 0 Å². The molecule has 0 aromatic rings. The average molecular weight is 190 g/mol. The third kappa shape index (κ3) is 2.38. The van der Waals surface area contributed by atoms with E-state index in [1.165, 1.54) is 11.8 Å². The van der Waals surface area contributed by atoms with Crippen LogP contribution >= 0.6 is 11.8 Å². The summed E-state index contributed by atoms with van der Waals surface area (Å²) in [7, 11) is 0. The molecule has 4 heteroatoms. The first-order valence-corrected chi connectivity index (χ1v) is 5.01. The Hall–Kier alpha value is -0.220. The molecule has 1 N–H and O–H groups in total. The van der Waals surface area contributed by atoms with Gasteiger partial charge in [-0.25, -0.2) is 0 Å². The van der Waals surface area contributed by atoms with Crippen LogP contribution in [0.3, 0.4) is 0 Å². The summed E-state index contributed by atoms with van der Waals surface area (Å²) in [5, 5.41) is 8.97. The number of rotatable bonds is 4. The molecule has 0 amide bonds. The van der Waals surface area contributed by atoms with Gasteiger partial charge in [0.1, 0.15) is 5.25 Å². The van der Waals surface area contributed by atoms with Crippen molar-refractivity contribution >= 4 is 17.7 Å². The van der Waals surface area contributed by atoms with Gasteiger partial charge in [-0.3, -0.25) is 4.79 Å². The topological polar surface area (TPSA) is 46.5 Å². The summed E-state index contributed by atoms with van der Waals surface area (Å²) in [5.74, 6) is -0.519. The number of hydrogen-bond donors (Lipinski definition) is 1. The number of aliphatic carboxylic acids is 1. The Morgan fingerprint density at radius 3 is 2.42 bits per heavy atom. The molecule has 0 bridgehead atoms. The van der Waals surface area contributed by atoms with Crippen LogP contribution in [0.15, 0.2) is 0 Å². The van der Waals surface area contributed by atoms with Crippen LogP contribution in [0, 0.1) is 5.92 Å². The van der Waals surface area contributed by atoms with Gasteiger partial charge >= 0.3 is 5.97 Å². The van der Waals surface area contributed by atoms with Crippen LogP contribution in [0.5, 0.6) is 0 Å². The molecule has 1 atom stereocenters. The molecule has 0 saturated carbocycles. The number of ether oxygens (including phenoxy) is 1. The molecular formula is C8H14O3S. The molecule has 12 heavy (non-hydrogen) atoms. The molecule has 0 aromatic carbocycles. The van der Waals surface area contributed by atoms with Crippen LogP contribution in [-0.2, 0) is 9.53 Å². The van der Waals surface area contributed by atoms with Gasteiger partial charge < -0.3 is 9.84 Å². The number of carbonyl (C=O) groups is 1. The smallest absolute Gasteiger partial charge is 0.316 e. The maximum atomic E-state index is 10.8. The molecule has 1 fully saturated rings. The van der Waals surface area contributed by atoms with Crippen molar-refractivity contribution in [1.29, 1.82) is 0 Å². The SMILES string of the molecule is CC(C)C(SC1COC1)C(=O)O. The molecule has 1 rings (SSSR count). The largest absolute Gasteiger partial charge is 0.480 e. The van der Waals surface area contributed by atoms with Gasteiger partial charge in [-0.05, 0) is 5.92 Å². The van der Waals surface area contributed by atoms with Crippen molar-refractivity contribution in [2.24, 2.45) is 5.92 Å². The normalized spacial score (nSPS) is 20.6. The number of thioether (sulfide) groups is 1. The average Bonchev–Trinajstić information content (AvgIpc) is 1.82. The fourth-order valence-electron chi connectivity index (χ4n) is 1.00. The van der Waals surface area contributed by atoms with Crippen molar-refractivity contribution in [3.05, 3.63) is 0 Å². The van der Waals surface area contributed by atoms with E-state index >= 15 is 0 Å². The van der Waals surface area contributed by atoms with Gasteiger partial charge in [0, 0.05) is 0 Å². The van der Waals surface area contributed by atoms with Crippen molar-refractivity contribution < 1.29 is 14.6 Å². The highest BCUT2D eigenvalue weighted by atomic mass is 32.2. The zero-order valence-electron chi connectivity index (χ0n) is 7.32. The monoisotopic (exact) mass is 190 g/mol. The predicted octanol–water partition coefficient (Wildman–Crippen LogP) is 1.23. The Bertz CT molecular complexity index is 166. The zero-order chi connectivity index (χ0) is 9.14. The lowest BCUT2D eigenvalue weighted by Crippen LogP contribution is -2.35. The number of carboxylic acids is 1. The van der Waals surface area contributed by atoms with Gasteiger partial charge in [0.25, 0.3) is 0 Å². The van der Waals surface area contributed by atoms with Gasteiger partial charge in [0.2, 0.25) is 0 Å². The molecule has 1 unspecified atom stereocenters. The van der Waals surface area contributed by atoms with Gasteiger partial charge in [0.05, 0.1) is 18.5 Å². The fraction of sp³-hybridized carbons (Fsp3) is 0.875. The van der Waals surface area contributed by atoms with Crippen molar-refractivity contribution in [3.8, 4) is 0 Å². The highest BCUT2D eigenvalue weighted by Gasteiger charge is 2.29. The molecule has 0 aliphatic carbocycles. The highest BCUT2D eigenvalue weighted by molar-refractivity contribution is 8.01. The maximum Gasteiger partial charge on any atom is 0.316 e. The molecule has 1 heterocycles. The molecule has 0 aromatic heterocycles. The Balaban J connectivity index is 2.36. The summed E-state index contributed by atoms with van der Waals surface area (Å²) in [6, 6.07) is 0. The highest BCUT2D eigenvalue weighted by Crippen LogP contribution is 2.28. The molecule has 0 spiro atoms. The van der Waals surface area contributed by atoms with E-state index in [0.717, 1.165) is 0 Å². The fourth-order valence-corrected chi connectivity index (χ4v) is 2.20. The molecule has 1 aliphatic rings. The molecule has 0 radical (unpaired) electrons. The van der Waals surface area contributed by atoms with Gasteiger partial charge in [-0.2, -0.15) is 0 Å². The van der Waals surface area contributed by atoms with Crippen LogP contribution in [-0.4, -0.2) is 34.8 Å². The van der Waals surface area contributed by atoms with Crippen molar-refractivity contribution in [2.75, 3.05) is 13.2 Å². The third-order valence-corrected chi connectivity index (χ3v) is 3.49. The third-order valence-electron chi connectivity index (χ3n) is 1.80. The summed E-state index contributed by atoms with van der Waals surface area (Å²) >= 11 is 1.52. The van der Waals surface area contributed by atoms with Crippen LogP contribution in [0.25, 0.3) is 0 Å². The summed E-state index contributed by atoms with van der Waals surface area (Å²) in [4.78, 5) is 10.8. The van der Waals surface area contributed by atoms with Crippen LogP contribution in [0.1, 0.15) is 13.8 Å². The van der Waals surface area contributed by atoms with E-state index in [2.05, 4.69) is 0 Å². The minimum Gasteiger partial charge on any atom is -0.480 e. The van der Waals surface area contributed by atoms with E-state index in [-0.39, 0.29) is 11.2 Å². The van der Waals surface area contributed by atoms with E-state index in [4.69, 9.17) is 9.84 Å². The maximum absolute atomic E-state index is 10.8. The lowest BCUT2D eigenvalue weighted by molar-refractivity contribution is -0.137. The molecule has 70 valence electrons. The van der Waals surface area contributed by atoms with E-state index in [0.29, 0.717) is 18.5 Å². The van der Waals surface area contributed by atoms with E-state index in [1.54, 1.807) is 0 Å². The summed E-state index contributed by atoms with van der Waals surface area (Å²) in [6.07, 6.45) is 0. The van der Waals surface area contributed by atoms with Crippen molar-refractivity contribution in [3.63, 3.8) is 0 Å². The molecule has 3 nitrogen and oxygen atoms in total. The summed E-state index contributed by atoms with van der Waals surface area (Å²) in [6.45, 7) is 5.29. The minimum absolute atomic E-state index is 0.188. The van der Waals surface area contributed by atoms with Crippen molar-refractivity contribution in [2.45, 2.75) is 24.3 Å². The summed E-state index contributed by atoms with van der Waals surface area (Å²) < 4.78 is 4.98. The number of hydrogen-bond acceptors (Lipinski definition) is 3. The van der Waals surface area contributed by atoms with Gasteiger partial charge in [-0.1, -0.05) is 13.8 Å². The first-order valence-electron chi connectivity index (χ1n) is 4.07. The predicted molar refractivity (Wildman–Crippen MR) is 48.5 cm³/mol. The standard InChI is InChI=1S/C8H14O3S/c1-5(2)7(8(9)10)12-6-3-11-4-6/h5-7H,3-4H2,1-2H3,(H,9,10). The van der Waals surface area contributed by atoms with E-state index < -0.39 is 5.97 Å².